The lowest BCUT2D eigenvalue weighted by molar-refractivity contribution is 0.101. The molecule has 0 radical (unpaired) electrons. The monoisotopic (exact) mass is 292 g/mol. The average Bonchev–Trinajstić information content (AvgIpc) is 2.54. The van der Waals surface area contributed by atoms with Crippen molar-refractivity contribution in [2.24, 2.45) is 0 Å². The molecule has 0 saturated carbocycles. The summed E-state index contributed by atoms with van der Waals surface area (Å²) in [7, 11) is 0. The third-order valence-corrected chi connectivity index (χ3v) is 3.19. The Morgan fingerprint density at radius 2 is 2.06 bits per heavy atom. The second-order valence-electron chi connectivity index (χ2n) is 3.99. The number of ketones is 1. The van der Waals surface area contributed by atoms with Crippen molar-refractivity contribution in [3.63, 3.8) is 0 Å². The maximum atomic E-state index is 11.5. The summed E-state index contributed by atoms with van der Waals surface area (Å²) >= 11 is 3.43. The fourth-order valence-electron chi connectivity index (χ4n) is 2.01. The smallest absolute Gasteiger partial charge is 0.163 e. The van der Waals surface area contributed by atoms with Crippen LogP contribution in [0.2, 0.25) is 0 Å². The standard InChI is InChI=1S/C13H13BrN2O/c1-8-13(10(3)17)9(2)16(15-8)12-6-4-5-11(14)7-12/h4-7H,1-3H3. The average molecular weight is 293 g/mol. The van der Waals surface area contributed by atoms with Crippen molar-refractivity contribution in [2.75, 3.05) is 0 Å². The van der Waals surface area contributed by atoms with E-state index in [0.717, 1.165) is 21.5 Å². The molecule has 0 amide bonds. The minimum atomic E-state index is 0.0567. The minimum absolute atomic E-state index is 0.0567. The summed E-state index contributed by atoms with van der Waals surface area (Å²) in [4.78, 5) is 11.5. The molecule has 0 aliphatic heterocycles. The first-order valence-electron chi connectivity index (χ1n) is 5.34. The molecule has 1 heterocycles. The van der Waals surface area contributed by atoms with E-state index in [1.807, 2.05) is 38.1 Å². The zero-order valence-electron chi connectivity index (χ0n) is 9.99. The number of carbonyl (C=O) groups excluding carboxylic acids is 1. The molecule has 88 valence electrons. The van der Waals surface area contributed by atoms with Crippen LogP contribution in [0, 0.1) is 13.8 Å². The van der Waals surface area contributed by atoms with Gasteiger partial charge in [-0.3, -0.25) is 4.79 Å². The van der Waals surface area contributed by atoms with Gasteiger partial charge < -0.3 is 0 Å². The summed E-state index contributed by atoms with van der Waals surface area (Å²) in [5.74, 6) is 0.0567. The fraction of sp³-hybridized carbons (Fsp3) is 0.231. The number of nitrogens with zero attached hydrogens (tertiary/aromatic N) is 2. The van der Waals surface area contributed by atoms with E-state index in [-0.39, 0.29) is 5.78 Å². The SMILES string of the molecule is CC(=O)c1c(C)nn(-c2cccc(Br)c2)c1C. The first-order chi connectivity index (χ1) is 8.00. The van der Waals surface area contributed by atoms with Crippen LogP contribution in [-0.4, -0.2) is 15.6 Å². The van der Waals surface area contributed by atoms with Gasteiger partial charge in [0.2, 0.25) is 0 Å². The van der Waals surface area contributed by atoms with Crippen LogP contribution in [0.15, 0.2) is 28.7 Å². The molecule has 4 heteroatoms. The molecule has 17 heavy (non-hydrogen) atoms. The van der Waals surface area contributed by atoms with Crippen LogP contribution in [0.4, 0.5) is 0 Å². The molecular weight excluding hydrogens is 280 g/mol. The van der Waals surface area contributed by atoms with Gasteiger partial charge in [0, 0.05) is 4.47 Å². The van der Waals surface area contributed by atoms with Gasteiger partial charge in [0.25, 0.3) is 0 Å². The lowest BCUT2D eigenvalue weighted by atomic mass is 10.1. The van der Waals surface area contributed by atoms with Crippen molar-refractivity contribution in [2.45, 2.75) is 20.8 Å². The van der Waals surface area contributed by atoms with Crippen molar-refractivity contribution in [1.82, 2.24) is 9.78 Å². The summed E-state index contributed by atoms with van der Waals surface area (Å²) in [6.45, 7) is 5.35. The van der Waals surface area contributed by atoms with Gasteiger partial charge in [-0.2, -0.15) is 5.10 Å². The normalized spacial score (nSPS) is 10.6. The fourth-order valence-corrected chi connectivity index (χ4v) is 2.40. The van der Waals surface area contributed by atoms with Gasteiger partial charge in [-0.25, -0.2) is 4.68 Å². The molecule has 0 N–H and O–H groups in total. The van der Waals surface area contributed by atoms with Crippen molar-refractivity contribution >= 4 is 21.7 Å². The van der Waals surface area contributed by atoms with Gasteiger partial charge in [0.1, 0.15) is 0 Å². The van der Waals surface area contributed by atoms with Crippen LogP contribution in [0.1, 0.15) is 28.7 Å². The molecule has 0 aliphatic carbocycles. The Balaban J connectivity index is 2.62. The van der Waals surface area contributed by atoms with E-state index >= 15 is 0 Å². The number of Topliss-reactive ketones (excluding diaryl/α,β-unsaturated/α-hetero) is 1. The van der Waals surface area contributed by atoms with Gasteiger partial charge >= 0.3 is 0 Å². The maximum absolute atomic E-state index is 11.5. The van der Waals surface area contributed by atoms with E-state index < -0.39 is 0 Å². The number of aromatic nitrogens is 2. The van der Waals surface area contributed by atoms with Crippen molar-refractivity contribution in [3.05, 3.63) is 45.7 Å². The molecule has 0 saturated heterocycles. The number of aryl methyl sites for hydroxylation is 1. The lowest BCUT2D eigenvalue weighted by Gasteiger charge is -2.04. The third-order valence-electron chi connectivity index (χ3n) is 2.70. The number of carbonyl (C=O) groups is 1. The summed E-state index contributed by atoms with van der Waals surface area (Å²) < 4.78 is 2.79. The molecule has 0 bridgehead atoms. The van der Waals surface area contributed by atoms with Gasteiger partial charge in [0.15, 0.2) is 5.78 Å². The molecule has 0 atom stereocenters. The van der Waals surface area contributed by atoms with Gasteiger partial charge in [-0.05, 0) is 39.0 Å². The summed E-state index contributed by atoms with van der Waals surface area (Å²) in [6, 6.07) is 7.85. The number of halogens is 1. The first-order valence-corrected chi connectivity index (χ1v) is 6.13. The number of hydrogen-bond acceptors (Lipinski definition) is 2. The summed E-state index contributed by atoms with van der Waals surface area (Å²) in [6.07, 6.45) is 0. The van der Waals surface area contributed by atoms with Crippen LogP contribution >= 0.6 is 15.9 Å². The topological polar surface area (TPSA) is 34.9 Å². The Morgan fingerprint density at radius 1 is 1.35 bits per heavy atom. The summed E-state index contributed by atoms with van der Waals surface area (Å²) in [5.41, 5.74) is 3.32. The predicted molar refractivity (Wildman–Crippen MR) is 70.7 cm³/mol. The highest BCUT2D eigenvalue weighted by atomic mass is 79.9. The molecule has 0 unspecified atom stereocenters. The van der Waals surface area contributed by atoms with Gasteiger partial charge in [0.05, 0.1) is 22.6 Å². The van der Waals surface area contributed by atoms with Crippen LogP contribution in [0.3, 0.4) is 0 Å². The quantitative estimate of drug-likeness (QED) is 0.795. The maximum Gasteiger partial charge on any atom is 0.163 e. The van der Waals surface area contributed by atoms with Crippen LogP contribution in [0.5, 0.6) is 0 Å². The molecule has 1 aromatic heterocycles. The third kappa shape index (κ3) is 2.17. The van der Waals surface area contributed by atoms with E-state index in [1.165, 1.54) is 0 Å². The zero-order valence-corrected chi connectivity index (χ0v) is 11.6. The zero-order chi connectivity index (χ0) is 12.6. The van der Waals surface area contributed by atoms with E-state index in [0.29, 0.717) is 5.56 Å². The van der Waals surface area contributed by atoms with Crippen molar-refractivity contribution in [1.29, 1.82) is 0 Å². The summed E-state index contributed by atoms with van der Waals surface area (Å²) in [5, 5.41) is 4.42. The number of benzene rings is 1. The Kier molecular flexibility index (Phi) is 3.15. The van der Waals surface area contributed by atoms with E-state index in [4.69, 9.17) is 0 Å². The highest BCUT2D eigenvalue weighted by molar-refractivity contribution is 9.10. The number of hydrogen-bond donors (Lipinski definition) is 0. The Morgan fingerprint density at radius 3 is 2.59 bits per heavy atom. The van der Waals surface area contributed by atoms with Crippen LogP contribution in [-0.2, 0) is 0 Å². The van der Waals surface area contributed by atoms with Crippen LogP contribution < -0.4 is 0 Å². The highest BCUT2D eigenvalue weighted by Crippen LogP contribution is 2.20. The van der Waals surface area contributed by atoms with E-state index in [9.17, 15) is 4.79 Å². The van der Waals surface area contributed by atoms with E-state index in [2.05, 4.69) is 21.0 Å². The lowest BCUT2D eigenvalue weighted by Crippen LogP contribution is -2.00. The largest absolute Gasteiger partial charge is 0.294 e. The minimum Gasteiger partial charge on any atom is -0.294 e. The highest BCUT2D eigenvalue weighted by Gasteiger charge is 2.15. The van der Waals surface area contributed by atoms with Gasteiger partial charge in [-0.1, -0.05) is 22.0 Å². The molecular formula is C13H13BrN2O. The van der Waals surface area contributed by atoms with Crippen molar-refractivity contribution < 1.29 is 4.79 Å². The second kappa shape index (κ2) is 4.45. The number of rotatable bonds is 2. The Bertz CT molecular complexity index is 587. The molecule has 2 rings (SSSR count). The predicted octanol–water partition coefficient (Wildman–Crippen LogP) is 3.45. The molecule has 1 aromatic carbocycles. The molecule has 3 nitrogen and oxygen atoms in total. The Labute approximate surface area is 109 Å². The molecule has 0 fully saturated rings. The van der Waals surface area contributed by atoms with Crippen molar-refractivity contribution in [3.8, 4) is 5.69 Å². The van der Waals surface area contributed by atoms with Crippen LogP contribution in [0.25, 0.3) is 5.69 Å². The van der Waals surface area contributed by atoms with Gasteiger partial charge in [-0.15, -0.1) is 0 Å². The Hall–Kier alpha value is -1.42. The molecule has 0 aliphatic rings. The second-order valence-corrected chi connectivity index (χ2v) is 4.91. The molecule has 2 aromatic rings. The van der Waals surface area contributed by atoms with E-state index in [1.54, 1.807) is 11.6 Å². The molecule has 0 spiro atoms. The first kappa shape index (κ1) is 12.0.